The van der Waals surface area contributed by atoms with Crippen LogP contribution in [0.4, 0.5) is 0 Å². The van der Waals surface area contributed by atoms with Crippen molar-refractivity contribution in [2.45, 2.75) is 32.6 Å². The van der Waals surface area contributed by atoms with Crippen molar-refractivity contribution in [2.24, 2.45) is 0 Å². The molecule has 0 saturated heterocycles. The van der Waals surface area contributed by atoms with Crippen LogP contribution in [0.1, 0.15) is 53.2 Å². The van der Waals surface area contributed by atoms with E-state index >= 15 is 0 Å². The highest BCUT2D eigenvalue weighted by Crippen LogP contribution is 2.47. The molecule has 3 aromatic carbocycles. The van der Waals surface area contributed by atoms with Gasteiger partial charge >= 0.3 is 11.9 Å². The van der Waals surface area contributed by atoms with E-state index in [1.807, 2.05) is 37.3 Å². The number of ether oxygens (including phenoxy) is 4. The summed E-state index contributed by atoms with van der Waals surface area (Å²) in [6.45, 7) is 7.76. The second kappa shape index (κ2) is 12.8. The molecule has 1 unspecified atom stereocenters. The molecule has 0 bridgehead atoms. The summed E-state index contributed by atoms with van der Waals surface area (Å²) in [5, 5.41) is 0. The smallest absolute Gasteiger partial charge is 0.348 e. The van der Waals surface area contributed by atoms with Gasteiger partial charge in [-0.05, 0) is 83.1 Å². The maximum absolute atomic E-state index is 13.0. The highest BCUT2D eigenvalue weighted by Gasteiger charge is 2.27. The lowest BCUT2D eigenvalue weighted by molar-refractivity contribution is -0.140. The van der Waals surface area contributed by atoms with Gasteiger partial charge in [0.25, 0.3) is 11.8 Å². The number of hydrogen-bond acceptors (Lipinski definition) is 8. The van der Waals surface area contributed by atoms with Crippen molar-refractivity contribution in [3.8, 4) is 28.4 Å². The third kappa shape index (κ3) is 6.35. The van der Waals surface area contributed by atoms with E-state index < -0.39 is 11.9 Å². The van der Waals surface area contributed by atoms with Crippen LogP contribution < -0.4 is 14.2 Å². The normalized spacial score (nSPS) is 14.7. The van der Waals surface area contributed by atoms with Crippen molar-refractivity contribution in [2.75, 3.05) is 19.8 Å². The highest BCUT2D eigenvalue weighted by molar-refractivity contribution is 6.12. The fourth-order valence-corrected chi connectivity index (χ4v) is 5.23. The average Bonchev–Trinajstić information content (AvgIpc) is 3.48. The molecule has 5 rings (SSSR count). The molecule has 0 aromatic heterocycles. The van der Waals surface area contributed by atoms with Gasteiger partial charge in [-0.1, -0.05) is 32.6 Å². The number of amides is 2. The van der Waals surface area contributed by atoms with Crippen LogP contribution in [0.2, 0.25) is 0 Å². The highest BCUT2D eigenvalue weighted by atomic mass is 16.6. The quantitative estimate of drug-likeness (QED) is 0.0925. The van der Waals surface area contributed by atoms with Crippen molar-refractivity contribution >= 4 is 23.8 Å². The van der Waals surface area contributed by atoms with Gasteiger partial charge in [0.05, 0.1) is 18.4 Å². The van der Waals surface area contributed by atoms with Gasteiger partial charge in [-0.25, -0.2) is 9.59 Å². The summed E-state index contributed by atoms with van der Waals surface area (Å²) in [6.07, 6.45) is 4.71. The zero-order valence-electron chi connectivity index (χ0n) is 24.0. The third-order valence-corrected chi connectivity index (χ3v) is 7.41. The first-order valence-electron chi connectivity index (χ1n) is 14.0. The molecule has 1 aliphatic heterocycles. The number of esters is 2. The van der Waals surface area contributed by atoms with Gasteiger partial charge in [-0.2, -0.15) is 0 Å². The Bertz CT molecular complexity index is 1620. The summed E-state index contributed by atoms with van der Waals surface area (Å²) in [6, 6.07) is 16.5. The van der Waals surface area contributed by atoms with Crippen LogP contribution >= 0.6 is 0 Å². The first kappa shape index (κ1) is 29.3. The standard InChI is InChI=1S/C34H31NO8/c1-4-22-17-23(7-12-30(22)42-20-33(38)40-5-2)34(39)43-25-9-11-27-26-10-8-24(18-28(26)21(3)29(27)19-25)41-16-6-15-35-31(36)13-14-32(35)37/h5,7-14,17-19,21H,2,4,6,15-16,20H2,1,3H3. The van der Waals surface area contributed by atoms with Gasteiger partial charge in [0, 0.05) is 24.6 Å². The Labute approximate surface area is 249 Å². The number of benzene rings is 3. The summed E-state index contributed by atoms with van der Waals surface area (Å²) in [7, 11) is 0. The van der Waals surface area contributed by atoms with Crippen LogP contribution in [-0.2, 0) is 25.5 Å². The van der Waals surface area contributed by atoms with E-state index in [0.717, 1.165) is 34.1 Å². The molecule has 0 radical (unpaired) electrons. The van der Waals surface area contributed by atoms with E-state index in [9.17, 15) is 19.2 Å². The number of carbonyl (C=O) groups is 4. The average molecular weight is 582 g/mol. The molecule has 220 valence electrons. The summed E-state index contributed by atoms with van der Waals surface area (Å²) >= 11 is 0. The Morgan fingerprint density at radius 3 is 2.26 bits per heavy atom. The van der Waals surface area contributed by atoms with Crippen LogP contribution in [0.25, 0.3) is 11.1 Å². The zero-order chi connectivity index (χ0) is 30.5. The first-order chi connectivity index (χ1) is 20.8. The molecule has 0 N–H and O–H groups in total. The Hall–Kier alpha value is -5.18. The number of aryl methyl sites for hydroxylation is 1. The second-order valence-electron chi connectivity index (χ2n) is 10.1. The maximum Gasteiger partial charge on any atom is 0.348 e. The van der Waals surface area contributed by atoms with Crippen molar-refractivity contribution in [3.05, 3.63) is 102 Å². The van der Waals surface area contributed by atoms with Gasteiger partial charge in [0.1, 0.15) is 17.2 Å². The number of nitrogens with zero attached hydrogens (tertiary/aromatic N) is 1. The van der Waals surface area contributed by atoms with Gasteiger partial charge in [0.2, 0.25) is 0 Å². The topological polar surface area (TPSA) is 108 Å². The molecule has 1 atom stereocenters. The Morgan fingerprint density at radius 1 is 0.907 bits per heavy atom. The Kier molecular flexibility index (Phi) is 8.71. The number of rotatable bonds is 12. The summed E-state index contributed by atoms with van der Waals surface area (Å²) in [4.78, 5) is 49.2. The number of carbonyl (C=O) groups excluding carboxylic acids is 4. The van der Waals surface area contributed by atoms with Crippen molar-refractivity contribution in [1.82, 2.24) is 4.90 Å². The van der Waals surface area contributed by atoms with Crippen LogP contribution in [0.3, 0.4) is 0 Å². The Morgan fingerprint density at radius 2 is 1.58 bits per heavy atom. The fourth-order valence-electron chi connectivity index (χ4n) is 5.23. The first-order valence-corrected chi connectivity index (χ1v) is 14.0. The van der Waals surface area contributed by atoms with E-state index in [-0.39, 0.29) is 24.3 Å². The monoisotopic (exact) mass is 581 g/mol. The largest absolute Gasteiger partial charge is 0.494 e. The molecular weight excluding hydrogens is 550 g/mol. The molecule has 43 heavy (non-hydrogen) atoms. The zero-order valence-corrected chi connectivity index (χ0v) is 24.0. The van der Waals surface area contributed by atoms with E-state index in [1.165, 1.54) is 17.1 Å². The van der Waals surface area contributed by atoms with E-state index in [1.54, 1.807) is 24.3 Å². The molecule has 0 saturated carbocycles. The SMILES string of the molecule is C=COC(=O)COc1ccc(C(=O)Oc2ccc3c(c2)C(C)c2cc(OCCCN4C(=O)C=CC4=O)ccc2-3)cc1CC. The predicted octanol–water partition coefficient (Wildman–Crippen LogP) is 5.36. The van der Waals surface area contributed by atoms with Gasteiger partial charge in [0.15, 0.2) is 6.61 Å². The minimum absolute atomic E-state index is 0.0500. The van der Waals surface area contributed by atoms with Crippen LogP contribution in [0.5, 0.6) is 17.2 Å². The molecule has 1 aliphatic carbocycles. The van der Waals surface area contributed by atoms with Crippen molar-refractivity contribution < 1.29 is 38.1 Å². The lowest BCUT2D eigenvalue weighted by Gasteiger charge is -2.14. The van der Waals surface area contributed by atoms with Crippen LogP contribution in [-0.4, -0.2) is 48.4 Å². The molecule has 2 amide bonds. The lowest BCUT2D eigenvalue weighted by atomic mass is 9.99. The van der Waals surface area contributed by atoms with Crippen molar-refractivity contribution in [1.29, 1.82) is 0 Å². The van der Waals surface area contributed by atoms with Crippen molar-refractivity contribution in [3.63, 3.8) is 0 Å². The van der Waals surface area contributed by atoms with E-state index in [4.69, 9.17) is 14.2 Å². The van der Waals surface area contributed by atoms with Gasteiger partial charge in [-0.15, -0.1) is 0 Å². The van der Waals surface area contributed by atoms with Gasteiger partial charge in [-0.3, -0.25) is 14.5 Å². The van der Waals surface area contributed by atoms with Gasteiger partial charge < -0.3 is 18.9 Å². The molecule has 1 heterocycles. The minimum Gasteiger partial charge on any atom is -0.494 e. The summed E-state index contributed by atoms with van der Waals surface area (Å²) < 4.78 is 21.9. The molecule has 9 heteroatoms. The predicted molar refractivity (Wildman–Crippen MR) is 158 cm³/mol. The Balaban J connectivity index is 1.21. The van der Waals surface area contributed by atoms with E-state index in [2.05, 4.69) is 18.2 Å². The summed E-state index contributed by atoms with van der Waals surface area (Å²) in [5.74, 6) is 0.0236. The van der Waals surface area contributed by atoms with E-state index in [0.29, 0.717) is 48.8 Å². The van der Waals surface area contributed by atoms with Crippen LogP contribution in [0, 0.1) is 0 Å². The maximum atomic E-state index is 13.0. The molecular formula is C34H31NO8. The number of fused-ring (bicyclic) bond motifs is 3. The van der Waals surface area contributed by atoms with Crippen LogP contribution in [0.15, 0.2) is 79.6 Å². The lowest BCUT2D eigenvalue weighted by Crippen LogP contribution is -2.31. The summed E-state index contributed by atoms with van der Waals surface area (Å²) in [5.41, 5.74) is 5.42. The third-order valence-electron chi connectivity index (χ3n) is 7.41. The fraction of sp³-hybridized carbons (Fsp3) is 0.235. The molecule has 0 fully saturated rings. The second-order valence-corrected chi connectivity index (χ2v) is 10.1. The molecule has 3 aromatic rings. The number of imide groups is 1. The molecule has 2 aliphatic rings. The minimum atomic E-state index is -0.569. The number of hydrogen-bond donors (Lipinski definition) is 0. The molecule has 9 nitrogen and oxygen atoms in total. The molecule has 0 spiro atoms.